The molecule has 3 heteroatoms. The quantitative estimate of drug-likeness (QED) is 0.645. The molecule has 0 rings (SSSR count). The van der Waals surface area contributed by atoms with Crippen molar-refractivity contribution in [1.29, 1.82) is 0 Å². The second kappa shape index (κ2) is 4.65. The Balaban J connectivity index is 4.15. The average molecular weight is 175 g/mol. The normalized spacial score (nSPS) is 13.3. The molecule has 2 nitrogen and oxygen atoms in total. The molecule has 11 heavy (non-hydrogen) atoms. The van der Waals surface area contributed by atoms with Crippen LogP contribution in [0.2, 0.25) is 0 Å². The van der Waals surface area contributed by atoms with Gasteiger partial charge in [0.1, 0.15) is 0 Å². The molecule has 66 valence electrons. The largest absolute Gasteiger partial charge is 0.340 e. The van der Waals surface area contributed by atoms with Crippen LogP contribution in [0.5, 0.6) is 0 Å². The summed E-state index contributed by atoms with van der Waals surface area (Å²) in [4.78, 5) is 13.2. The highest BCUT2D eigenvalue weighted by atomic mass is 32.1. The molecular weight excluding hydrogens is 158 g/mol. The molecule has 0 bridgehead atoms. The van der Waals surface area contributed by atoms with E-state index >= 15 is 0 Å². The molecule has 0 aliphatic carbocycles. The third-order valence-electron chi connectivity index (χ3n) is 1.60. The molecular formula is C8H17NOS. The molecule has 0 heterocycles. The predicted molar refractivity (Wildman–Crippen MR) is 51.0 cm³/mol. The smallest absolute Gasteiger partial charge is 0.235 e. The predicted octanol–water partition coefficient (Wildman–Crippen LogP) is 1.56. The first-order valence-corrected chi connectivity index (χ1v) is 4.50. The molecule has 0 fully saturated rings. The van der Waals surface area contributed by atoms with Crippen LogP contribution in [-0.2, 0) is 4.79 Å². The van der Waals surface area contributed by atoms with Crippen molar-refractivity contribution in [1.82, 2.24) is 4.90 Å². The maximum Gasteiger partial charge on any atom is 0.235 e. The fraction of sp³-hybridized carbons (Fsp3) is 0.875. The van der Waals surface area contributed by atoms with Crippen molar-refractivity contribution in [2.24, 2.45) is 0 Å². The summed E-state index contributed by atoms with van der Waals surface area (Å²) in [7, 11) is 0. The first-order valence-electron chi connectivity index (χ1n) is 3.99. The second-order valence-electron chi connectivity index (χ2n) is 2.89. The summed E-state index contributed by atoms with van der Waals surface area (Å²) in [5, 5.41) is -0.183. The van der Waals surface area contributed by atoms with Crippen LogP contribution in [0, 0.1) is 0 Å². The molecule has 1 atom stereocenters. The third-order valence-corrected chi connectivity index (χ3v) is 1.83. The minimum atomic E-state index is -0.183. The van der Waals surface area contributed by atoms with E-state index in [0.29, 0.717) is 0 Å². The maximum absolute atomic E-state index is 11.4. The number of hydrogen-bond donors (Lipinski definition) is 1. The number of rotatable bonds is 3. The zero-order valence-corrected chi connectivity index (χ0v) is 8.56. The van der Waals surface area contributed by atoms with Crippen molar-refractivity contribution in [2.45, 2.75) is 39.0 Å². The van der Waals surface area contributed by atoms with Gasteiger partial charge in [0, 0.05) is 12.6 Å². The van der Waals surface area contributed by atoms with Crippen molar-refractivity contribution in [3.05, 3.63) is 0 Å². The first kappa shape index (κ1) is 10.8. The molecule has 1 amide bonds. The highest BCUT2D eigenvalue weighted by Crippen LogP contribution is 2.04. The number of carbonyl (C=O) groups is 1. The van der Waals surface area contributed by atoms with E-state index in [-0.39, 0.29) is 17.2 Å². The Bertz CT molecular complexity index is 134. The Labute approximate surface area is 74.4 Å². The van der Waals surface area contributed by atoms with Crippen LogP contribution in [0.1, 0.15) is 27.7 Å². The summed E-state index contributed by atoms with van der Waals surface area (Å²) < 4.78 is 0. The van der Waals surface area contributed by atoms with Gasteiger partial charge in [-0.15, -0.1) is 0 Å². The molecule has 1 unspecified atom stereocenters. The van der Waals surface area contributed by atoms with E-state index in [1.54, 1.807) is 6.92 Å². The van der Waals surface area contributed by atoms with Crippen molar-refractivity contribution in [3.63, 3.8) is 0 Å². The van der Waals surface area contributed by atoms with Crippen molar-refractivity contribution < 1.29 is 4.79 Å². The molecule has 0 N–H and O–H groups in total. The number of thiol groups is 1. The third kappa shape index (κ3) is 3.14. The van der Waals surface area contributed by atoms with E-state index in [1.807, 2.05) is 25.7 Å². The summed E-state index contributed by atoms with van der Waals surface area (Å²) in [5.74, 6) is 0.117. The maximum atomic E-state index is 11.4. The minimum absolute atomic E-state index is 0.117. The van der Waals surface area contributed by atoms with Gasteiger partial charge in [0.25, 0.3) is 0 Å². The fourth-order valence-corrected chi connectivity index (χ4v) is 1.16. The summed E-state index contributed by atoms with van der Waals surface area (Å²) in [6.45, 7) is 8.57. The summed E-state index contributed by atoms with van der Waals surface area (Å²) in [5.41, 5.74) is 0. The number of hydrogen-bond acceptors (Lipinski definition) is 2. The molecule has 0 saturated heterocycles. The van der Waals surface area contributed by atoms with Gasteiger partial charge in [-0.25, -0.2) is 0 Å². The van der Waals surface area contributed by atoms with Gasteiger partial charge in [-0.05, 0) is 27.7 Å². The molecule has 0 aromatic rings. The van der Waals surface area contributed by atoms with Crippen LogP contribution < -0.4 is 0 Å². The van der Waals surface area contributed by atoms with Crippen molar-refractivity contribution in [3.8, 4) is 0 Å². The van der Waals surface area contributed by atoms with Gasteiger partial charge < -0.3 is 4.90 Å². The van der Waals surface area contributed by atoms with Crippen molar-refractivity contribution >= 4 is 18.5 Å². The zero-order chi connectivity index (χ0) is 9.02. The second-order valence-corrected chi connectivity index (χ2v) is 3.67. The summed E-state index contributed by atoms with van der Waals surface area (Å²) in [6.07, 6.45) is 0. The standard InChI is InChI=1S/C8H17NOS/c1-5-9(6(2)3)8(10)7(4)11/h6-7,11H,5H2,1-4H3. The SMILES string of the molecule is CCN(C(=O)C(C)S)C(C)C. The van der Waals surface area contributed by atoms with Gasteiger partial charge in [-0.3, -0.25) is 4.79 Å². The first-order chi connectivity index (χ1) is 5.00. The van der Waals surface area contributed by atoms with Gasteiger partial charge in [0.2, 0.25) is 5.91 Å². The van der Waals surface area contributed by atoms with Gasteiger partial charge >= 0.3 is 0 Å². The van der Waals surface area contributed by atoms with Crippen LogP contribution in [0.4, 0.5) is 0 Å². The molecule has 0 saturated carbocycles. The Kier molecular flexibility index (Phi) is 4.57. The summed E-state index contributed by atoms with van der Waals surface area (Å²) in [6, 6.07) is 0.280. The lowest BCUT2D eigenvalue weighted by Crippen LogP contribution is -2.40. The van der Waals surface area contributed by atoms with Crippen LogP contribution in [0.3, 0.4) is 0 Å². The number of carbonyl (C=O) groups excluding carboxylic acids is 1. The molecule has 0 aromatic heterocycles. The Morgan fingerprint density at radius 3 is 2.00 bits per heavy atom. The minimum Gasteiger partial charge on any atom is -0.340 e. The fourth-order valence-electron chi connectivity index (χ4n) is 1.02. The Morgan fingerprint density at radius 2 is 1.91 bits per heavy atom. The van der Waals surface area contributed by atoms with E-state index < -0.39 is 0 Å². The van der Waals surface area contributed by atoms with Gasteiger partial charge in [-0.1, -0.05) is 0 Å². The lowest BCUT2D eigenvalue weighted by molar-refractivity contribution is -0.131. The summed E-state index contributed by atoms with van der Waals surface area (Å²) >= 11 is 4.09. The van der Waals surface area contributed by atoms with Crippen LogP contribution in [0.15, 0.2) is 0 Å². The number of nitrogens with zero attached hydrogens (tertiary/aromatic N) is 1. The topological polar surface area (TPSA) is 20.3 Å². The van der Waals surface area contributed by atoms with E-state index in [1.165, 1.54) is 0 Å². The van der Waals surface area contributed by atoms with Crippen LogP contribution >= 0.6 is 12.6 Å². The van der Waals surface area contributed by atoms with Crippen LogP contribution in [0.25, 0.3) is 0 Å². The van der Waals surface area contributed by atoms with Gasteiger partial charge in [0.05, 0.1) is 5.25 Å². The van der Waals surface area contributed by atoms with E-state index in [9.17, 15) is 4.79 Å². The highest BCUT2D eigenvalue weighted by molar-refractivity contribution is 7.81. The van der Waals surface area contributed by atoms with Crippen LogP contribution in [-0.4, -0.2) is 28.6 Å². The lowest BCUT2D eigenvalue weighted by Gasteiger charge is -2.26. The van der Waals surface area contributed by atoms with E-state index in [0.717, 1.165) is 6.54 Å². The monoisotopic (exact) mass is 175 g/mol. The van der Waals surface area contributed by atoms with Crippen molar-refractivity contribution in [2.75, 3.05) is 6.54 Å². The highest BCUT2D eigenvalue weighted by Gasteiger charge is 2.17. The molecule has 0 aliphatic rings. The van der Waals surface area contributed by atoms with Gasteiger partial charge in [-0.2, -0.15) is 12.6 Å². The average Bonchev–Trinajstić information content (AvgIpc) is 1.88. The Hall–Kier alpha value is -0.180. The van der Waals surface area contributed by atoms with E-state index in [4.69, 9.17) is 0 Å². The van der Waals surface area contributed by atoms with Gasteiger partial charge in [0.15, 0.2) is 0 Å². The molecule has 0 spiro atoms. The number of amides is 1. The van der Waals surface area contributed by atoms with E-state index in [2.05, 4.69) is 12.6 Å². The Morgan fingerprint density at radius 1 is 1.45 bits per heavy atom. The molecule has 0 radical (unpaired) electrons. The zero-order valence-electron chi connectivity index (χ0n) is 7.66. The molecule has 0 aromatic carbocycles. The lowest BCUT2D eigenvalue weighted by atomic mass is 10.3. The molecule has 0 aliphatic heterocycles.